The summed E-state index contributed by atoms with van der Waals surface area (Å²) in [4.78, 5) is 12.1. The highest BCUT2D eigenvalue weighted by molar-refractivity contribution is 9.10. The summed E-state index contributed by atoms with van der Waals surface area (Å²) in [5.74, 6) is -0.437. The molecule has 1 amide bonds. The van der Waals surface area contributed by atoms with Crippen LogP contribution in [0.15, 0.2) is 70.2 Å². The summed E-state index contributed by atoms with van der Waals surface area (Å²) >= 11 is 9.66. The first-order valence-electron chi connectivity index (χ1n) is 9.29. The number of hydrazone groups is 1. The van der Waals surface area contributed by atoms with Crippen molar-refractivity contribution in [2.45, 2.75) is 12.8 Å². The third-order valence-corrected chi connectivity index (χ3v) is 5.23. The minimum atomic E-state index is -4.55. The van der Waals surface area contributed by atoms with E-state index >= 15 is 0 Å². The molecular weight excluding hydrogens is 523 g/mol. The van der Waals surface area contributed by atoms with Crippen molar-refractivity contribution in [3.05, 3.63) is 98.0 Å². The SMILES string of the molecule is N#Cc1ccccc1COc1c(Cl)cc(/C=N\NC(=O)c2cccc(C(F)(F)F)c2)cc1Br. The summed E-state index contributed by atoms with van der Waals surface area (Å²) in [6, 6.07) is 16.3. The Balaban J connectivity index is 1.67. The van der Waals surface area contributed by atoms with Gasteiger partial charge >= 0.3 is 6.18 Å². The second kappa shape index (κ2) is 10.5. The van der Waals surface area contributed by atoms with Crippen molar-refractivity contribution in [2.75, 3.05) is 0 Å². The fourth-order valence-electron chi connectivity index (χ4n) is 2.76. The molecule has 3 aromatic rings. The molecule has 0 spiro atoms. The van der Waals surface area contributed by atoms with E-state index < -0.39 is 17.6 Å². The molecule has 3 rings (SSSR count). The number of hydrogen-bond donors (Lipinski definition) is 1. The van der Waals surface area contributed by atoms with E-state index in [1.165, 1.54) is 18.3 Å². The van der Waals surface area contributed by atoms with Gasteiger partial charge in [-0.3, -0.25) is 4.79 Å². The average Bonchev–Trinajstić information content (AvgIpc) is 2.78. The smallest absolute Gasteiger partial charge is 0.416 e. The Morgan fingerprint density at radius 3 is 2.64 bits per heavy atom. The molecule has 3 aromatic carbocycles. The van der Waals surface area contributed by atoms with Crippen LogP contribution in [0.25, 0.3) is 0 Å². The van der Waals surface area contributed by atoms with E-state index in [1.807, 2.05) is 0 Å². The predicted octanol–water partition coefficient (Wildman–Crippen LogP) is 6.34. The highest BCUT2D eigenvalue weighted by Crippen LogP contribution is 2.35. The molecule has 168 valence electrons. The van der Waals surface area contributed by atoms with Crippen LogP contribution in [0.2, 0.25) is 5.02 Å². The first-order valence-corrected chi connectivity index (χ1v) is 10.5. The van der Waals surface area contributed by atoms with Gasteiger partial charge in [-0.2, -0.15) is 23.5 Å². The fraction of sp³-hybridized carbons (Fsp3) is 0.0870. The molecule has 0 aliphatic carbocycles. The van der Waals surface area contributed by atoms with E-state index in [0.29, 0.717) is 26.9 Å². The third-order valence-electron chi connectivity index (χ3n) is 4.36. The number of nitrogens with one attached hydrogen (secondary N) is 1. The largest absolute Gasteiger partial charge is 0.486 e. The lowest BCUT2D eigenvalue weighted by atomic mass is 10.1. The Kier molecular flexibility index (Phi) is 7.74. The maximum atomic E-state index is 12.8. The second-order valence-corrected chi connectivity index (χ2v) is 7.91. The number of carbonyl (C=O) groups is 1. The van der Waals surface area contributed by atoms with Gasteiger partial charge in [0.2, 0.25) is 0 Å². The zero-order valence-corrected chi connectivity index (χ0v) is 19.0. The van der Waals surface area contributed by atoms with Crippen LogP contribution in [-0.2, 0) is 12.8 Å². The minimum absolute atomic E-state index is 0.128. The topological polar surface area (TPSA) is 74.5 Å². The molecule has 0 bridgehead atoms. The van der Waals surface area contributed by atoms with Gasteiger partial charge < -0.3 is 4.74 Å². The minimum Gasteiger partial charge on any atom is -0.486 e. The van der Waals surface area contributed by atoms with Crippen LogP contribution in [0.4, 0.5) is 13.2 Å². The normalized spacial score (nSPS) is 11.3. The second-order valence-electron chi connectivity index (χ2n) is 6.65. The zero-order valence-electron chi connectivity index (χ0n) is 16.7. The summed E-state index contributed by atoms with van der Waals surface area (Å²) in [5, 5.41) is 13.2. The number of amides is 1. The predicted molar refractivity (Wildman–Crippen MR) is 121 cm³/mol. The molecule has 0 aliphatic rings. The molecule has 0 aliphatic heterocycles. The van der Waals surface area contributed by atoms with Gasteiger partial charge in [-0.15, -0.1) is 0 Å². The Labute approximate surface area is 200 Å². The van der Waals surface area contributed by atoms with Crippen LogP contribution in [-0.4, -0.2) is 12.1 Å². The summed E-state index contributed by atoms with van der Waals surface area (Å²) in [7, 11) is 0. The van der Waals surface area contributed by atoms with Gasteiger partial charge in [0, 0.05) is 11.1 Å². The molecule has 33 heavy (non-hydrogen) atoms. The van der Waals surface area contributed by atoms with Gasteiger partial charge in [0.15, 0.2) is 5.75 Å². The molecule has 0 unspecified atom stereocenters. The van der Waals surface area contributed by atoms with Gasteiger partial charge in [0.05, 0.1) is 32.9 Å². The van der Waals surface area contributed by atoms with E-state index in [4.69, 9.17) is 21.6 Å². The van der Waals surface area contributed by atoms with Crippen molar-refractivity contribution in [2.24, 2.45) is 5.10 Å². The van der Waals surface area contributed by atoms with E-state index in [-0.39, 0.29) is 17.2 Å². The summed E-state index contributed by atoms with van der Waals surface area (Å²) < 4.78 is 44.7. The van der Waals surface area contributed by atoms with E-state index in [0.717, 1.165) is 18.2 Å². The van der Waals surface area contributed by atoms with E-state index in [1.54, 1.807) is 30.3 Å². The fourth-order valence-corrected chi connectivity index (χ4v) is 3.75. The Bertz CT molecular complexity index is 1230. The van der Waals surface area contributed by atoms with Crippen LogP contribution < -0.4 is 10.2 Å². The first-order chi connectivity index (χ1) is 15.7. The van der Waals surface area contributed by atoms with Crippen molar-refractivity contribution in [3.8, 4) is 11.8 Å². The van der Waals surface area contributed by atoms with Crippen molar-refractivity contribution < 1.29 is 22.7 Å². The van der Waals surface area contributed by atoms with Gasteiger partial charge in [-0.25, -0.2) is 5.43 Å². The number of nitriles is 1. The molecule has 0 aromatic heterocycles. The van der Waals surface area contributed by atoms with Crippen LogP contribution >= 0.6 is 27.5 Å². The number of hydrogen-bond acceptors (Lipinski definition) is 4. The van der Waals surface area contributed by atoms with Crippen molar-refractivity contribution in [3.63, 3.8) is 0 Å². The van der Waals surface area contributed by atoms with Gasteiger partial charge in [0.1, 0.15) is 6.61 Å². The Morgan fingerprint density at radius 1 is 1.18 bits per heavy atom. The molecular formula is C23H14BrClF3N3O2. The quantitative estimate of drug-likeness (QED) is 0.295. The summed E-state index contributed by atoms with van der Waals surface area (Å²) in [5.41, 5.74) is 2.77. The molecule has 1 N–H and O–H groups in total. The van der Waals surface area contributed by atoms with Crippen molar-refractivity contribution >= 4 is 39.7 Å². The number of rotatable bonds is 6. The Hall–Kier alpha value is -3.35. The molecule has 0 radical (unpaired) electrons. The maximum Gasteiger partial charge on any atom is 0.416 e. The third kappa shape index (κ3) is 6.34. The molecule has 10 heteroatoms. The highest BCUT2D eigenvalue weighted by Gasteiger charge is 2.30. The zero-order chi connectivity index (χ0) is 24.0. The van der Waals surface area contributed by atoms with Gasteiger partial charge in [-0.1, -0.05) is 35.9 Å². The molecule has 0 heterocycles. The molecule has 0 atom stereocenters. The number of carbonyl (C=O) groups excluding carboxylic acids is 1. The van der Waals surface area contributed by atoms with Crippen LogP contribution in [0.5, 0.6) is 5.75 Å². The lowest BCUT2D eigenvalue weighted by Crippen LogP contribution is -2.18. The standard InChI is InChI=1S/C23H14BrClF3N3O2/c24-19-8-14(9-20(25)21(19)33-13-17-5-2-1-4-16(17)11-29)12-30-31-22(32)15-6-3-7-18(10-15)23(26,27)28/h1-10,12H,13H2,(H,31,32)/b30-12-. The van der Waals surface area contributed by atoms with E-state index in [9.17, 15) is 18.0 Å². The number of halogens is 5. The average molecular weight is 537 g/mol. The number of benzene rings is 3. The first kappa shape index (κ1) is 24.3. The van der Waals surface area contributed by atoms with Crippen molar-refractivity contribution in [1.82, 2.24) is 5.43 Å². The highest BCUT2D eigenvalue weighted by atomic mass is 79.9. The van der Waals surface area contributed by atoms with Gasteiger partial charge in [0.25, 0.3) is 5.91 Å². The molecule has 0 saturated heterocycles. The summed E-state index contributed by atoms with van der Waals surface area (Å²) in [6.07, 6.45) is -3.26. The maximum absolute atomic E-state index is 12.8. The lowest BCUT2D eigenvalue weighted by Gasteiger charge is -2.12. The summed E-state index contributed by atoms with van der Waals surface area (Å²) in [6.45, 7) is 0.128. The lowest BCUT2D eigenvalue weighted by molar-refractivity contribution is -0.137. The molecule has 0 saturated carbocycles. The van der Waals surface area contributed by atoms with E-state index in [2.05, 4.69) is 32.5 Å². The number of nitrogens with zero attached hydrogens (tertiary/aromatic N) is 2. The van der Waals surface area contributed by atoms with Crippen LogP contribution in [0.3, 0.4) is 0 Å². The van der Waals surface area contributed by atoms with Crippen molar-refractivity contribution in [1.29, 1.82) is 5.26 Å². The van der Waals surface area contributed by atoms with Gasteiger partial charge in [-0.05, 0) is 57.9 Å². The molecule has 5 nitrogen and oxygen atoms in total. The Morgan fingerprint density at radius 2 is 1.94 bits per heavy atom. The number of ether oxygens (including phenoxy) is 1. The number of alkyl halides is 3. The van der Waals surface area contributed by atoms with Crippen LogP contribution in [0, 0.1) is 11.3 Å². The van der Waals surface area contributed by atoms with Crippen LogP contribution in [0.1, 0.15) is 32.6 Å². The molecule has 0 fully saturated rings. The monoisotopic (exact) mass is 535 g/mol.